The molecule has 128 valence electrons. The Hall–Kier alpha value is -0.930. The summed E-state index contributed by atoms with van der Waals surface area (Å²) in [6.07, 6.45) is 7.24. The number of hydrogen-bond donors (Lipinski definition) is 1. The van der Waals surface area contributed by atoms with E-state index in [4.69, 9.17) is 4.74 Å². The Labute approximate surface area is 139 Å². The molecular formula is C20H30O3. The molecule has 1 heterocycles. The predicted molar refractivity (Wildman–Crippen MR) is 91.0 cm³/mol. The molecule has 1 aliphatic heterocycles. The van der Waals surface area contributed by atoms with Gasteiger partial charge in [-0.3, -0.25) is 4.79 Å². The quantitative estimate of drug-likeness (QED) is 0.546. The van der Waals surface area contributed by atoms with E-state index in [9.17, 15) is 9.90 Å². The first kappa shape index (κ1) is 16.9. The van der Waals surface area contributed by atoms with Crippen LogP contribution in [0.25, 0.3) is 0 Å². The Morgan fingerprint density at radius 1 is 1.17 bits per heavy atom. The van der Waals surface area contributed by atoms with Crippen molar-refractivity contribution in [3.05, 3.63) is 23.3 Å². The van der Waals surface area contributed by atoms with Crippen LogP contribution in [0.3, 0.4) is 0 Å². The van der Waals surface area contributed by atoms with Gasteiger partial charge in [0.05, 0.1) is 11.7 Å². The van der Waals surface area contributed by atoms with Gasteiger partial charge in [0.2, 0.25) is 0 Å². The Balaban J connectivity index is 1.83. The standard InChI is InChI=1S/C20H30O3/c1-12-6-7-17-20(5,23-17)9-8-14-15(19(14,3)4)11-13(2)18(22)16(21)10-12/h10-11,14-17,21H,6-9H2,1-5H3/b12-10+,13-11+/t14-,15-,16-,17-,20-/m1/s1. The number of epoxide rings is 1. The SMILES string of the molecule is C/C1=C\[C@@H](O)C(=O)/C(C)=C/[C@@H]2[C@@H](CC[C@@]3(C)O[C@@H]3CC1)C2(C)C. The lowest BCUT2D eigenvalue weighted by Gasteiger charge is -2.10. The molecule has 1 saturated carbocycles. The van der Waals surface area contributed by atoms with Gasteiger partial charge in [-0.15, -0.1) is 0 Å². The van der Waals surface area contributed by atoms with Crippen LogP contribution in [-0.4, -0.2) is 28.7 Å². The maximum absolute atomic E-state index is 12.4. The van der Waals surface area contributed by atoms with Crippen molar-refractivity contribution < 1.29 is 14.6 Å². The lowest BCUT2D eigenvalue weighted by atomic mass is 9.93. The molecule has 23 heavy (non-hydrogen) atoms. The van der Waals surface area contributed by atoms with E-state index in [0.717, 1.165) is 31.3 Å². The minimum atomic E-state index is -1.01. The summed E-state index contributed by atoms with van der Waals surface area (Å²) in [4.78, 5) is 12.4. The number of fused-ring (bicyclic) bond motifs is 2. The highest BCUT2D eigenvalue weighted by Crippen LogP contribution is 2.62. The molecule has 3 aliphatic rings. The van der Waals surface area contributed by atoms with Crippen molar-refractivity contribution >= 4 is 5.78 Å². The zero-order chi connectivity index (χ0) is 17.0. The van der Waals surface area contributed by atoms with Gasteiger partial charge in [0.1, 0.15) is 6.10 Å². The van der Waals surface area contributed by atoms with Crippen molar-refractivity contribution in [2.75, 3.05) is 0 Å². The largest absolute Gasteiger partial charge is 0.381 e. The molecule has 2 fully saturated rings. The van der Waals surface area contributed by atoms with Gasteiger partial charge in [-0.2, -0.15) is 0 Å². The van der Waals surface area contributed by atoms with E-state index >= 15 is 0 Å². The average molecular weight is 318 g/mol. The summed E-state index contributed by atoms with van der Waals surface area (Å²) in [6, 6.07) is 0. The highest BCUT2D eigenvalue weighted by Gasteiger charge is 2.58. The highest BCUT2D eigenvalue weighted by atomic mass is 16.6. The number of rotatable bonds is 0. The molecule has 3 heteroatoms. The first-order chi connectivity index (χ1) is 10.6. The number of aliphatic hydroxyl groups excluding tert-OH is 1. The number of allylic oxidation sites excluding steroid dienone is 2. The van der Waals surface area contributed by atoms with E-state index < -0.39 is 6.10 Å². The minimum Gasteiger partial charge on any atom is -0.381 e. The summed E-state index contributed by atoms with van der Waals surface area (Å²) >= 11 is 0. The van der Waals surface area contributed by atoms with Crippen LogP contribution in [0.4, 0.5) is 0 Å². The van der Waals surface area contributed by atoms with Crippen molar-refractivity contribution in [3.63, 3.8) is 0 Å². The predicted octanol–water partition coefficient (Wildman–Crippen LogP) is 3.81. The van der Waals surface area contributed by atoms with E-state index in [2.05, 4.69) is 26.8 Å². The Morgan fingerprint density at radius 3 is 2.57 bits per heavy atom. The second-order valence-electron chi connectivity index (χ2n) is 8.62. The molecule has 3 nitrogen and oxygen atoms in total. The van der Waals surface area contributed by atoms with Crippen LogP contribution < -0.4 is 0 Å². The van der Waals surface area contributed by atoms with Gasteiger partial charge in [-0.25, -0.2) is 0 Å². The molecule has 0 spiro atoms. The maximum atomic E-state index is 12.4. The van der Waals surface area contributed by atoms with E-state index in [-0.39, 0.29) is 16.8 Å². The molecule has 0 bridgehead atoms. The van der Waals surface area contributed by atoms with Gasteiger partial charge < -0.3 is 9.84 Å². The van der Waals surface area contributed by atoms with Gasteiger partial charge >= 0.3 is 0 Å². The van der Waals surface area contributed by atoms with Crippen LogP contribution in [0.15, 0.2) is 23.3 Å². The molecule has 1 saturated heterocycles. The van der Waals surface area contributed by atoms with Gasteiger partial charge in [0.25, 0.3) is 0 Å². The molecule has 0 aromatic rings. The second-order valence-corrected chi connectivity index (χ2v) is 8.62. The summed E-state index contributed by atoms with van der Waals surface area (Å²) in [5.74, 6) is 0.895. The monoisotopic (exact) mass is 318 g/mol. The number of ether oxygens (including phenoxy) is 1. The summed E-state index contributed by atoms with van der Waals surface area (Å²) in [5.41, 5.74) is 2.06. The highest BCUT2D eigenvalue weighted by molar-refractivity contribution is 5.99. The van der Waals surface area contributed by atoms with Gasteiger partial charge in [0, 0.05) is 0 Å². The number of Topliss-reactive ketones (excluding diaryl/α,β-unsaturated/α-hetero) is 1. The van der Waals surface area contributed by atoms with Crippen LogP contribution in [0.5, 0.6) is 0 Å². The van der Waals surface area contributed by atoms with Gasteiger partial charge in [-0.1, -0.05) is 25.5 Å². The zero-order valence-corrected chi connectivity index (χ0v) is 15.1. The molecular weight excluding hydrogens is 288 g/mol. The van der Waals surface area contributed by atoms with Gasteiger partial charge in [-0.05, 0) is 75.4 Å². The fourth-order valence-corrected chi connectivity index (χ4v) is 4.36. The van der Waals surface area contributed by atoms with Crippen LogP contribution in [0, 0.1) is 17.3 Å². The number of aliphatic hydroxyl groups is 1. The number of carbonyl (C=O) groups excluding carboxylic acids is 1. The van der Waals surface area contributed by atoms with Crippen molar-refractivity contribution in [2.24, 2.45) is 17.3 Å². The third-order valence-electron chi connectivity index (χ3n) is 6.46. The molecule has 0 aromatic carbocycles. The van der Waals surface area contributed by atoms with Crippen LogP contribution in [-0.2, 0) is 9.53 Å². The molecule has 0 aromatic heterocycles. The summed E-state index contributed by atoms with van der Waals surface area (Å²) in [7, 11) is 0. The first-order valence-electron chi connectivity index (χ1n) is 8.91. The smallest absolute Gasteiger partial charge is 0.190 e. The number of ketones is 1. The number of carbonyl (C=O) groups is 1. The van der Waals surface area contributed by atoms with Crippen molar-refractivity contribution in [1.82, 2.24) is 0 Å². The molecule has 0 radical (unpaired) electrons. The van der Waals surface area contributed by atoms with Crippen molar-refractivity contribution in [3.8, 4) is 0 Å². The fraction of sp³-hybridized carbons (Fsp3) is 0.750. The van der Waals surface area contributed by atoms with E-state index in [1.54, 1.807) is 6.08 Å². The lowest BCUT2D eigenvalue weighted by molar-refractivity contribution is -0.121. The minimum absolute atomic E-state index is 0.0425. The van der Waals surface area contributed by atoms with Crippen molar-refractivity contribution in [1.29, 1.82) is 0 Å². The van der Waals surface area contributed by atoms with E-state index in [0.29, 0.717) is 23.5 Å². The fourth-order valence-electron chi connectivity index (χ4n) is 4.36. The Morgan fingerprint density at radius 2 is 1.87 bits per heavy atom. The Kier molecular flexibility index (Phi) is 4.09. The van der Waals surface area contributed by atoms with Crippen LogP contribution in [0.1, 0.15) is 60.3 Å². The van der Waals surface area contributed by atoms with Crippen molar-refractivity contribution in [2.45, 2.75) is 78.1 Å². The van der Waals surface area contributed by atoms with Crippen LogP contribution in [0.2, 0.25) is 0 Å². The summed E-state index contributed by atoms with van der Waals surface area (Å²) in [6.45, 7) is 10.6. The topological polar surface area (TPSA) is 49.8 Å². The molecule has 2 aliphatic carbocycles. The van der Waals surface area contributed by atoms with E-state index in [1.807, 2.05) is 13.8 Å². The molecule has 0 amide bonds. The molecule has 1 N–H and O–H groups in total. The number of hydrogen-bond acceptors (Lipinski definition) is 3. The summed E-state index contributed by atoms with van der Waals surface area (Å²) in [5, 5.41) is 10.2. The lowest BCUT2D eigenvalue weighted by Crippen LogP contribution is -2.19. The zero-order valence-electron chi connectivity index (χ0n) is 15.1. The summed E-state index contributed by atoms with van der Waals surface area (Å²) < 4.78 is 5.96. The first-order valence-corrected chi connectivity index (χ1v) is 8.91. The average Bonchev–Trinajstić information content (AvgIpc) is 3.27. The second kappa shape index (κ2) is 5.56. The third-order valence-corrected chi connectivity index (χ3v) is 6.46. The Bertz CT molecular complexity index is 571. The molecule has 5 atom stereocenters. The van der Waals surface area contributed by atoms with Crippen LogP contribution >= 0.6 is 0 Å². The maximum Gasteiger partial charge on any atom is 0.190 e. The molecule has 3 rings (SSSR count). The third kappa shape index (κ3) is 3.18. The van der Waals surface area contributed by atoms with Gasteiger partial charge in [0.15, 0.2) is 5.78 Å². The van der Waals surface area contributed by atoms with E-state index in [1.165, 1.54) is 0 Å². The normalized spacial score (nSPS) is 48.0. The molecule has 0 unspecified atom stereocenters.